The molecule has 1 amide bonds. The zero-order valence-electron chi connectivity index (χ0n) is 19.0. The molecule has 0 radical (unpaired) electrons. The van der Waals surface area contributed by atoms with Crippen LogP contribution in [0.4, 0.5) is 18.9 Å². The summed E-state index contributed by atoms with van der Waals surface area (Å²) >= 11 is 0. The van der Waals surface area contributed by atoms with Crippen LogP contribution in [0.3, 0.4) is 0 Å². The molecule has 0 unspecified atom stereocenters. The molecule has 2 atom stereocenters. The van der Waals surface area contributed by atoms with E-state index in [9.17, 15) is 22.8 Å². The third-order valence-electron chi connectivity index (χ3n) is 5.65. The van der Waals surface area contributed by atoms with Gasteiger partial charge in [-0.2, -0.15) is 13.2 Å². The van der Waals surface area contributed by atoms with Gasteiger partial charge in [-0.25, -0.2) is 0 Å². The molecule has 0 aliphatic carbocycles. The van der Waals surface area contributed by atoms with Crippen molar-refractivity contribution in [3.63, 3.8) is 0 Å². The summed E-state index contributed by atoms with van der Waals surface area (Å²) in [7, 11) is 5.11. The summed E-state index contributed by atoms with van der Waals surface area (Å²) in [4.78, 5) is 28.7. The molecular weight excluding hydrogens is 437 g/mol. The molecule has 178 valence electrons. The number of carbonyl (C=O) groups excluding carboxylic acids is 2. The lowest BCUT2D eigenvalue weighted by molar-refractivity contribution is -0.154. The number of amides is 1. The Morgan fingerprint density at radius 3 is 2.36 bits per heavy atom. The highest BCUT2D eigenvalue weighted by molar-refractivity contribution is 6.00. The average molecular weight is 464 g/mol. The summed E-state index contributed by atoms with van der Waals surface area (Å²) in [5.41, 5.74) is -0.0326. The molecule has 0 aromatic heterocycles. The molecule has 0 N–H and O–H groups in total. The fourth-order valence-electron chi connectivity index (χ4n) is 4.06. The van der Waals surface area contributed by atoms with Crippen molar-refractivity contribution in [3.8, 4) is 5.75 Å². The predicted molar refractivity (Wildman–Crippen MR) is 117 cm³/mol. The molecule has 0 fully saturated rings. The Hall–Kier alpha value is -3.07. The maximum Gasteiger partial charge on any atom is 0.416 e. The van der Waals surface area contributed by atoms with Crippen molar-refractivity contribution < 1.29 is 32.2 Å². The normalized spacial score (nSPS) is 18.7. The molecule has 3 rings (SSSR count). The maximum absolute atomic E-state index is 14.0. The largest absolute Gasteiger partial charge is 0.497 e. The van der Waals surface area contributed by atoms with Crippen molar-refractivity contribution in [3.05, 3.63) is 59.2 Å². The Kier molecular flexibility index (Phi) is 7.31. The monoisotopic (exact) mass is 464 g/mol. The standard InChI is InChI=1S/C24H27F3N2O4/c1-15(30)33-22-18(16-8-10-17(32-4)11-9-16)14-19-20(24(25,26)27)6-5-7-21(19)29(23(22)31)13-12-28(2)3/h5-11,18,22H,12-14H2,1-4H3/t18-,22-/m0/s1. The molecule has 2 aromatic carbocycles. The number of alkyl halides is 3. The number of nitrogens with zero attached hydrogens (tertiary/aromatic N) is 2. The Balaban J connectivity index is 2.20. The van der Waals surface area contributed by atoms with Crippen LogP contribution in [0.25, 0.3) is 0 Å². The van der Waals surface area contributed by atoms with Gasteiger partial charge in [-0.15, -0.1) is 0 Å². The second-order valence-electron chi connectivity index (χ2n) is 8.21. The lowest BCUT2D eigenvalue weighted by Gasteiger charge is -2.29. The third kappa shape index (κ3) is 5.47. The highest BCUT2D eigenvalue weighted by atomic mass is 19.4. The molecule has 1 aliphatic heterocycles. The van der Waals surface area contributed by atoms with E-state index in [1.54, 1.807) is 38.4 Å². The summed E-state index contributed by atoms with van der Waals surface area (Å²) in [6.45, 7) is 1.75. The molecule has 1 aliphatic rings. The minimum Gasteiger partial charge on any atom is -0.497 e. The first-order valence-corrected chi connectivity index (χ1v) is 10.5. The number of halogens is 3. The van der Waals surface area contributed by atoms with Crippen molar-refractivity contribution in [2.75, 3.05) is 39.2 Å². The smallest absolute Gasteiger partial charge is 0.416 e. The minimum absolute atomic E-state index is 0.00702. The van der Waals surface area contributed by atoms with Crippen molar-refractivity contribution in [2.24, 2.45) is 0 Å². The van der Waals surface area contributed by atoms with Gasteiger partial charge in [0.25, 0.3) is 5.91 Å². The van der Waals surface area contributed by atoms with Crippen LogP contribution in [0, 0.1) is 0 Å². The summed E-state index contributed by atoms with van der Waals surface area (Å²) in [6.07, 6.45) is -6.00. The second kappa shape index (κ2) is 9.82. The molecular formula is C24H27F3N2O4. The van der Waals surface area contributed by atoms with Crippen LogP contribution in [-0.2, 0) is 26.9 Å². The summed E-state index contributed by atoms with van der Waals surface area (Å²) < 4.78 is 52.5. The van der Waals surface area contributed by atoms with Gasteiger partial charge in [0.1, 0.15) is 5.75 Å². The number of esters is 1. The van der Waals surface area contributed by atoms with Gasteiger partial charge in [-0.05, 0) is 55.9 Å². The molecule has 0 saturated heterocycles. The number of anilines is 1. The molecule has 2 aromatic rings. The van der Waals surface area contributed by atoms with Crippen molar-refractivity contribution in [1.82, 2.24) is 4.90 Å². The average Bonchev–Trinajstić information content (AvgIpc) is 2.86. The van der Waals surface area contributed by atoms with Gasteiger partial charge in [0, 0.05) is 31.6 Å². The van der Waals surface area contributed by atoms with Crippen LogP contribution in [0.2, 0.25) is 0 Å². The molecule has 0 bridgehead atoms. The number of carbonyl (C=O) groups is 2. The molecule has 1 heterocycles. The highest BCUT2D eigenvalue weighted by Gasteiger charge is 2.43. The van der Waals surface area contributed by atoms with Gasteiger partial charge in [0.2, 0.25) is 0 Å². The first-order chi connectivity index (χ1) is 15.5. The van der Waals surface area contributed by atoms with Crippen molar-refractivity contribution >= 4 is 17.6 Å². The van der Waals surface area contributed by atoms with E-state index in [1.807, 2.05) is 4.90 Å². The highest BCUT2D eigenvalue weighted by Crippen LogP contribution is 2.43. The van der Waals surface area contributed by atoms with Gasteiger partial charge in [0.15, 0.2) is 6.10 Å². The molecule has 9 heteroatoms. The van der Waals surface area contributed by atoms with Gasteiger partial charge in [-0.1, -0.05) is 18.2 Å². The number of rotatable bonds is 6. The lowest BCUT2D eigenvalue weighted by Crippen LogP contribution is -2.45. The molecule has 0 saturated carbocycles. The summed E-state index contributed by atoms with van der Waals surface area (Å²) in [5.74, 6) is -1.47. The Labute approximate surface area is 190 Å². The zero-order chi connectivity index (χ0) is 24.3. The number of benzene rings is 2. The van der Waals surface area contributed by atoms with Crippen molar-refractivity contribution in [1.29, 1.82) is 0 Å². The first-order valence-electron chi connectivity index (χ1n) is 10.5. The quantitative estimate of drug-likeness (QED) is 0.608. The fraction of sp³-hybridized carbons (Fsp3) is 0.417. The Bertz CT molecular complexity index is 1010. The lowest BCUT2D eigenvalue weighted by atomic mass is 9.86. The van der Waals surface area contributed by atoms with E-state index < -0.39 is 35.6 Å². The van der Waals surface area contributed by atoms with E-state index >= 15 is 0 Å². The Morgan fingerprint density at radius 2 is 1.82 bits per heavy atom. The van der Waals surface area contributed by atoms with Gasteiger partial charge in [0.05, 0.1) is 12.7 Å². The SMILES string of the molecule is COc1ccc([C@@H]2Cc3c(cccc3C(F)(F)F)N(CCN(C)C)C(=O)[C@H]2OC(C)=O)cc1. The van der Waals surface area contributed by atoms with Gasteiger partial charge >= 0.3 is 12.1 Å². The van der Waals surface area contributed by atoms with Crippen LogP contribution in [0.5, 0.6) is 5.75 Å². The summed E-state index contributed by atoms with van der Waals surface area (Å²) in [6, 6.07) is 10.5. The van der Waals surface area contributed by atoms with Crippen LogP contribution in [-0.4, -0.2) is 57.2 Å². The number of hydrogen-bond donors (Lipinski definition) is 0. The van der Waals surface area contributed by atoms with Crippen LogP contribution in [0.15, 0.2) is 42.5 Å². The van der Waals surface area contributed by atoms with Crippen LogP contribution < -0.4 is 9.64 Å². The topological polar surface area (TPSA) is 59.1 Å². The van der Waals surface area contributed by atoms with E-state index in [0.717, 1.165) is 6.07 Å². The second-order valence-corrected chi connectivity index (χ2v) is 8.21. The number of hydrogen-bond acceptors (Lipinski definition) is 5. The van der Waals surface area contributed by atoms with Crippen LogP contribution >= 0.6 is 0 Å². The Morgan fingerprint density at radius 1 is 1.15 bits per heavy atom. The zero-order valence-corrected chi connectivity index (χ0v) is 19.0. The van der Waals surface area contributed by atoms with E-state index in [4.69, 9.17) is 9.47 Å². The number of fused-ring (bicyclic) bond motifs is 1. The molecule has 33 heavy (non-hydrogen) atoms. The van der Waals surface area contributed by atoms with E-state index in [2.05, 4.69) is 0 Å². The fourth-order valence-corrected chi connectivity index (χ4v) is 4.06. The number of ether oxygens (including phenoxy) is 2. The van der Waals surface area contributed by atoms with Gasteiger partial charge in [-0.3, -0.25) is 9.59 Å². The van der Waals surface area contributed by atoms with Gasteiger partial charge < -0.3 is 19.3 Å². The van der Waals surface area contributed by atoms with E-state index in [1.165, 1.54) is 31.1 Å². The van der Waals surface area contributed by atoms with E-state index in [-0.39, 0.29) is 24.2 Å². The molecule has 6 nitrogen and oxygen atoms in total. The third-order valence-corrected chi connectivity index (χ3v) is 5.65. The maximum atomic E-state index is 14.0. The first kappa shape index (κ1) is 24.6. The molecule has 0 spiro atoms. The predicted octanol–water partition coefficient (Wildman–Crippen LogP) is 3.88. The van der Waals surface area contributed by atoms with Crippen molar-refractivity contribution in [2.45, 2.75) is 31.5 Å². The van der Waals surface area contributed by atoms with E-state index in [0.29, 0.717) is 17.9 Å². The van der Waals surface area contributed by atoms with Crippen LogP contribution in [0.1, 0.15) is 29.5 Å². The summed E-state index contributed by atoms with van der Waals surface area (Å²) in [5, 5.41) is 0. The number of methoxy groups -OCH3 is 1. The minimum atomic E-state index is -4.60. The number of likely N-dealkylation sites (N-methyl/N-ethyl adjacent to an activating group) is 1.